The Morgan fingerprint density at radius 3 is 2.55 bits per heavy atom. The van der Waals surface area contributed by atoms with Crippen molar-refractivity contribution in [3.8, 4) is 0 Å². The molecule has 0 aromatic carbocycles. The molecule has 0 aliphatic carbocycles. The molecule has 1 aromatic rings. The Hall–Kier alpha value is -0.880. The van der Waals surface area contributed by atoms with Crippen LogP contribution in [0.1, 0.15) is 27.2 Å². The molecule has 0 bridgehead atoms. The number of piperazine rings is 1. The number of halogens is 1. The predicted octanol–water partition coefficient (Wildman–Crippen LogP) is 2.59. The van der Waals surface area contributed by atoms with Gasteiger partial charge >= 0.3 is 0 Å². The topological polar surface area (TPSA) is 44.3 Å². The molecule has 1 N–H and O–H groups in total. The summed E-state index contributed by atoms with van der Waals surface area (Å²) >= 11 is 3.65. The Labute approximate surface area is 129 Å². The van der Waals surface area contributed by atoms with Crippen LogP contribution in [-0.4, -0.2) is 53.6 Å². The Morgan fingerprint density at radius 2 is 1.95 bits per heavy atom. The SMILES string of the molecule is CCCNc1ncnc(N2CCN(C(C)C)CC2)c1Br. The third-order valence-electron chi connectivity index (χ3n) is 3.66. The first kappa shape index (κ1) is 15.5. The van der Waals surface area contributed by atoms with E-state index < -0.39 is 0 Å². The normalized spacial score (nSPS) is 16.8. The number of hydrogen-bond donors (Lipinski definition) is 1. The number of nitrogens with one attached hydrogen (secondary N) is 1. The maximum Gasteiger partial charge on any atom is 0.148 e. The third kappa shape index (κ3) is 3.61. The molecule has 1 saturated heterocycles. The fraction of sp³-hybridized carbons (Fsp3) is 0.714. The highest BCUT2D eigenvalue weighted by molar-refractivity contribution is 9.10. The maximum absolute atomic E-state index is 4.45. The summed E-state index contributed by atoms with van der Waals surface area (Å²) in [4.78, 5) is 13.6. The monoisotopic (exact) mass is 341 g/mol. The van der Waals surface area contributed by atoms with Crippen LogP contribution in [0, 0.1) is 0 Å². The zero-order valence-corrected chi connectivity index (χ0v) is 14.2. The molecule has 1 aliphatic rings. The highest BCUT2D eigenvalue weighted by atomic mass is 79.9. The van der Waals surface area contributed by atoms with Crippen molar-refractivity contribution in [1.29, 1.82) is 0 Å². The molecule has 0 radical (unpaired) electrons. The summed E-state index contributed by atoms with van der Waals surface area (Å²) in [7, 11) is 0. The summed E-state index contributed by atoms with van der Waals surface area (Å²) in [6.45, 7) is 11.8. The van der Waals surface area contributed by atoms with Gasteiger partial charge in [-0.2, -0.15) is 0 Å². The summed E-state index contributed by atoms with van der Waals surface area (Å²) in [5.74, 6) is 1.89. The second kappa shape index (κ2) is 7.22. The fourth-order valence-corrected chi connectivity index (χ4v) is 2.99. The number of hydrogen-bond acceptors (Lipinski definition) is 5. The van der Waals surface area contributed by atoms with Crippen LogP contribution in [0.2, 0.25) is 0 Å². The van der Waals surface area contributed by atoms with Gasteiger partial charge in [0.05, 0.1) is 0 Å². The largest absolute Gasteiger partial charge is 0.369 e. The molecule has 6 heteroatoms. The maximum atomic E-state index is 4.45. The van der Waals surface area contributed by atoms with E-state index in [0.717, 1.165) is 55.3 Å². The van der Waals surface area contributed by atoms with Gasteiger partial charge < -0.3 is 10.2 Å². The minimum Gasteiger partial charge on any atom is -0.369 e. The molecule has 2 rings (SSSR count). The van der Waals surface area contributed by atoms with E-state index in [0.29, 0.717) is 6.04 Å². The van der Waals surface area contributed by atoms with Crippen LogP contribution in [0.3, 0.4) is 0 Å². The van der Waals surface area contributed by atoms with E-state index in [9.17, 15) is 0 Å². The average Bonchev–Trinajstić information content (AvgIpc) is 2.46. The molecule has 0 unspecified atom stereocenters. The van der Waals surface area contributed by atoms with Crippen LogP contribution in [0.25, 0.3) is 0 Å². The van der Waals surface area contributed by atoms with Gasteiger partial charge in [0, 0.05) is 38.8 Å². The summed E-state index contributed by atoms with van der Waals surface area (Å²) in [5, 5.41) is 3.33. The summed E-state index contributed by atoms with van der Waals surface area (Å²) in [6.07, 6.45) is 2.73. The molecule has 1 aliphatic heterocycles. The highest BCUT2D eigenvalue weighted by Gasteiger charge is 2.22. The first-order chi connectivity index (χ1) is 9.63. The van der Waals surface area contributed by atoms with Crippen LogP contribution in [0.5, 0.6) is 0 Å². The lowest BCUT2D eigenvalue weighted by Gasteiger charge is -2.37. The standard InChI is InChI=1S/C14H24BrN5/c1-4-5-16-13-12(15)14(18-10-17-13)20-8-6-19(7-9-20)11(2)3/h10-11H,4-9H2,1-3H3,(H,16,17,18). The number of anilines is 2. The van der Waals surface area contributed by atoms with Gasteiger partial charge in [-0.1, -0.05) is 6.92 Å². The van der Waals surface area contributed by atoms with Gasteiger partial charge in [0.15, 0.2) is 0 Å². The number of rotatable bonds is 5. The van der Waals surface area contributed by atoms with Gasteiger partial charge in [-0.25, -0.2) is 9.97 Å². The molecular weight excluding hydrogens is 318 g/mol. The first-order valence-corrected chi connectivity index (χ1v) is 8.16. The molecule has 0 atom stereocenters. The average molecular weight is 342 g/mol. The summed E-state index contributed by atoms with van der Waals surface area (Å²) < 4.78 is 0.978. The number of nitrogens with zero attached hydrogens (tertiary/aromatic N) is 4. The minimum absolute atomic E-state index is 0.618. The fourth-order valence-electron chi connectivity index (χ4n) is 2.40. The van der Waals surface area contributed by atoms with E-state index in [4.69, 9.17) is 0 Å². The van der Waals surface area contributed by atoms with E-state index in [2.05, 4.69) is 61.8 Å². The second-order valence-electron chi connectivity index (χ2n) is 5.40. The zero-order valence-electron chi connectivity index (χ0n) is 12.6. The van der Waals surface area contributed by atoms with Crippen LogP contribution >= 0.6 is 15.9 Å². The van der Waals surface area contributed by atoms with Crippen molar-refractivity contribution in [3.05, 3.63) is 10.8 Å². The molecule has 1 aromatic heterocycles. The van der Waals surface area contributed by atoms with Gasteiger partial charge in [0.1, 0.15) is 22.4 Å². The van der Waals surface area contributed by atoms with E-state index in [1.807, 2.05) is 0 Å². The van der Waals surface area contributed by atoms with E-state index in [-0.39, 0.29) is 0 Å². The Morgan fingerprint density at radius 1 is 1.25 bits per heavy atom. The van der Waals surface area contributed by atoms with Crippen molar-refractivity contribution in [3.63, 3.8) is 0 Å². The Kier molecular flexibility index (Phi) is 5.60. The molecule has 0 saturated carbocycles. The lowest BCUT2D eigenvalue weighted by molar-refractivity contribution is 0.209. The number of aromatic nitrogens is 2. The molecular formula is C14H24BrN5. The summed E-state index contributed by atoms with van der Waals surface area (Å²) in [5.41, 5.74) is 0. The smallest absolute Gasteiger partial charge is 0.148 e. The van der Waals surface area contributed by atoms with Crippen LogP contribution in [0.15, 0.2) is 10.8 Å². The van der Waals surface area contributed by atoms with Gasteiger partial charge in [-0.15, -0.1) is 0 Å². The molecule has 1 fully saturated rings. The van der Waals surface area contributed by atoms with Gasteiger partial charge in [0.25, 0.3) is 0 Å². The van der Waals surface area contributed by atoms with Crippen LogP contribution in [0.4, 0.5) is 11.6 Å². The van der Waals surface area contributed by atoms with Crippen molar-refractivity contribution >= 4 is 27.6 Å². The van der Waals surface area contributed by atoms with Crippen molar-refractivity contribution in [2.24, 2.45) is 0 Å². The Balaban J connectivity index is 2.06. The minimum atomic E-state index is 0.618. The van der Waals surface area contributed by atoms with Gasteiger partial charge in [-0.3, -0.25) is 4.90 Å². The van der Waals surface area contributed by atoms with Crippen molar-refractivity contribution in [2.75, 3.05) is 42.9 Å². The first-order valence-electron chi connectivity index (χ1n) is 7.36. The molecule has 0 amide bonds. The zero-order chi connectivity index (χ0) is 14.5. The molecule has 2 heterocycles. The van der Waals surface area contributed by atoms with Crippen molar-refractivity contribution in [2.45, 2.75) is 33.2 Å². The molecule has 5 nitrogen and oxygen atoms in total. The second-order valence-corrected chi connectivity index (χ2v) is 6.20. The highest BCUT2D eigenvalue weighted by Crippen LogP contribution is 2.30. The lowest BCUT2D eigenvalue weighted by Crippen LogP contribution is -2.49. The predicted molar refractivity (Wildman–Crippen MR) is 87.4 cm³/mol. The third-order valence-corrected chi connectivity index (χ3v) is 4.39. The summed E-state index contributed by atoms with van der Waals surface area (Å²) in [6, 6.07) is 0.618. The van der Waals surface area contributed by atoms with Gasteiger partial charge in [-0.05, 0) is 36.2 Å². The van der Waals surface area contributed by atoms with Crippen LogP contribution in [-0.2, 0) is 0 Å². The molecule has 20 heavy (non-hydrogen) atoms. The van der Waals surface area contributed by atoms with Crippen molar-refractivity contribution in [1.82, 2.24) is 14.9 Å². The van der Waals surface area contributed by atoms with Gasteiger partial charge in [0.2, 0.25) is 0 Å². The molecule has 0 spiro atoms. The molecule has 112 valence electrons. The lowest BCUT2D eigenvalue weighted by atomic mass is 10.2. The quantitative estimate of drug-likeness (QED) is 0.891. The Bertz CT molecular complexity index is 430. The van der Waals surface area contributed by atoms with Crippen molar-refractivity contribution < 1.29 is 0 Å². The van der Waals surface area contributed by atoms with E-state index in [1.54, 1.807) is 6.33 Å². The van der Waals surface area contributed by atoms with E-state index >= 15 is 0 Å². The van der Waals surface area contributed by atoms with E-state index in [1.165, 1.54) is 0 Å². The van der Waals surface area contributed by atoms with Crippen LogP contribution < -0.4 is 10.2 Å².